The van der Waals surface area contributed by atoms with E-state index < -0.39 is 0 Å². The number of nitrogens with two attached hydrogens (primary N) is 1. The molecule has 0 bridgehead atoms. The molecule has 1 saturated carbocycles. The Kier molecular flexibility index (Phi) is 6.85. The van der Waals surface area contributed by atoms with Crippen LogP contribution in [-0.2, 0) is 13.1 Å². The molecule has 2 aliphatic rings. The van der Waals surface area contributed by atoms with Gasteiger partial charge in [0.2, 0.25) is 5.95 Å². The van der Waals surface area contributed by atoms with Gasteiger partial charge in [0.15, 0.2) is 5.82 Å². The summed E-state index contributed by atoms with van der Waals surface area (Å²) in [6.45, 7) is 5.83. The van der Waals surface area contributed by atoms with E-state index >= 15 is 0 Å². The Hall–Kier alpha value is -2.87. The first kappa shape index (κ1) is 22.9. The average molecular weight is 464 g/mol. The highest BCUT2D eigenvalue weighted by Crippen LogP contribution is 2.37. The number of nitrogens with zero attached hydrogens (tertiary/aromatic N) is 5. The average Bonchev–Trinajstić information content (AvgIpc) is 3.11. The first-order valence-corrected chi connectivity index (χ1v) is 12.8. The molecule has 2 atom stereocenters. The highest BCUT2D eigenvalue weighted by molar-refractivity contribution is 5.86. The Labute approximate surface area is 201 Å². The zero-order chi connectivity index (χ0) is 23.5. The van der Waals surface area contributed by atoms with Crippen LogP contribution in [0, 0.1) is 5.92 Å². The van der Waals surface area contributed by atoms with Crippen LogP contribution in [0.25, 0.3) is 11.0 Å². The minimum atomic E-state index is 0.261. The maximum absolute atomic E-state index is 5.95. The number of aromatic nitrogens is 4. The van der Waals surface area contributed by atoms with Crippen LogP contribution in [-0.4, -0.2) is 50.9 Å². The van der Waals surface area contributed by atoms with E-state index in [0.29, 0.717) is 6.54 Å². The molecule has 5 rings (SSSR count). The third-order valence-corrected chi connectivity index (χ3v) is 7.44. The van der Waals surface area contributed by atoms with Crippen LogP contribution in [0.3, 0.4) is 0 Å². The number of ether oxygens (including phenoxy) is 1. The van der Waals surface area contributed by atoms with E-state index in [1.807, 2.05) is 4.68 Å². The summed E-state index contributed by atoms with van der Waals surface area (Å²) < 4.78 is 7.67. The number of hydrogen-bond donors (Lipinski definition) is 2. The second-order valence-corrected chi connectivity index (χ2v) is 9.79. The van der Waals surface area contributed by atoms with Gasteiger partial charge in [0.1, 0.15) is 16.8 Å². The van der Waals surface area contributed by atoms with Crippen molar-refractivity contribution in [2.45, 2.75) is 71.0 Å². The van der Waals surface area contributed by atoms with E-state index in [0.717, 1.165) is 66.1 Å². The Morgan fingerprint density at radius 1 is 1.15 bits per heavy atom. The van der Waals surface area contributed by atoms with Crippen LogP contribution in [0.2, 0.25) is 0 Å². The van der Waals surface area contributed by atoms with Crippen molar-refractivity contribution in [3.05, 3.63) is 35.5 Å². The number of methoxy groups -OCH3 is 1. The summed E-state index contributed by atoms with van der Waals surface area (Å²) in [6, 6.07) is 7.34. The molecule has 0 spiro atoms. The van der Waals surface area contributed by atoms with Gasteiger partial charge in [0, 0.05) is 31.2 Å². The van der Waals surface area contributed by atoms with E-state index in [2.05, 4.69) is 50.4 Å². The molecule has 3 aromatic rings. The lowest BCUT2D eigenvalue weighted by Crippen LogP contribution is -2.54. The molecule has 3 heterocycles. The number of hydrogen-bond acceptors (Lipinski definition) is 7. The van der Waals surface area contributed by atoms with Crippen molar-refractivity contribution in [2.24, 2.45) is 5.92 Å². The van der Waals surface area contributed by atoms with Gasteiger partial charge >= 0.3 is 0 Å². The number of likely N-dealkylation sites (tertiary alicyclic amines) is 1. The summed E-state index contributed by atoms with van der Waals surface area (Å²) >= 11 is 0. The summed E-state index contributed by atoms with van der Waals surface area (Å²) in [5.74, 6) is 2.78. The first-order chi connectivity index (χ1) is 16.7. The number of benzene rings is 1. The van der Waals surface area contributed by atoms with E-state index in [4.69, 9.17) is 10.5 Å². The molecule has 1 aliphatic carbocycles. The second-order valence-electron chi connectivity index (χ2n) is 9.79. The molecular weight excluding hydrogens is 426 g/mol. The topological polar surface area (TPSA) is 94.1 Å². The molecule has 3 N–H and O–H groups in total. The first-order valence-electron chi connectivity index (χ1n) is 12.8. The van der Waals surface area contributed by atoms with Crippen LogP contribution >= 0.6 is 0 Å². The van der Waals surface area contributed by atoms with Gasteiger partial charge in [-0.1, -0.05) is 38.7 Å². The summed E-state index contributed by atoms with van der Waals surface area (Å²) in [5.41, 5.74) is 10.0. The molecule has 0 radical (unpaired) electrons. The van der Waals surface area contributed by atoms with Gasteiger partial charge in [0.25, 0.3) is 0 Å². The lowest BCUT2D eigenvalue weighted by Gasteiger charge is -2.48. The molecule has 8 heteroatoms. The maximum Gasteiger partial charge on any atom is 0.222 e. The second kappa shape index (κ2) is 10.2. The summed E-state index contributed by atoms with van der Waals surface area (Å²) in [5, 5.41) is 8.06. The van der Waals surface area contributed by atoms with Crippen LogP contribution in [0.4, 0.5) is 11.8 Å². The van der Waals surface area contributed by atoms with Crippen molar-refractivity contribution in [1.29, 1.82) is 0 Å². The fourth-order valence-electron chi connectivity index (χ4n) is 5.63. The Balaban J connectivity index is 1.38. The smallest absolute Gasteiger partial charge is 0.222 e. The van der Waals surface area contributed by atoms with Gasteiger partial charge in [0.05, 0.1) is 19.9 Å². The standard InChI is InChI=1S/C26H37N7O/c1-3-4-12-28-25-24-21(30-26(27)31-25)14-29-33(24)17-20-13-18(10-11-23(20)34-2)15-32-16-19-8-6-5-7-9-22(19)32/h10-11,13-14,19,22H,3-9,12,15-17H2,1-2H3,(H3,27,28,30,31). The van der Waals surface area contributed by atoms with Gasteiger partial charge in [-0.3, -0.25) is 9.58 Å². The maximum atomic E-state index is 5.95. The third kappa shape index (κ3) is 4.69. The predicted octanol–water partition coefficient (Wildman–Crippen LogP) is 4.44. The van der Waals surface area contributed by atoms with Crippen molar-refractivity contribution in [2.75, 3.05) is 31.2 Å². The Bertz CT molecular complexity index is 1130. The van der Waals surface area contributed by atoms with E-state index in [-0.39, 0.29) is 5.95 Å². The summed E-state index contributed by atoms with van der Waals surface area (Å²) in [4.78, 5) is 11.5. The van der Waals surface area contributed by atoms with Crippen molar-refractivity contribution >= 4 is 22.8 Å². The highest BCUT2D eigenvalue weighted by atomic mass is 16.5. The third-order valence-electron chi connectivity index (χ3n) is 7.44. The number of unbranched alkanes of at least 4 members (excludes halogenated alkanes) is 1. The quantitative estimate of drug-likeness (QED) is 0.453. The normalized spacial score (nSPS) is 20.5. The number of anilines is 2. The largest absolute Gasteiger partial charge is 0.496 e. The van der Waals surface area contributed by atoms with E-state index in [1.54, 1.807) is 13.3 Å². The monoisotopic (exact) mass is 463 g/mol. The number of rotatable bonds is 9. The van der Waals surface area contributed by atoms with Gasteiger partial charge in [-0.15, -0.1) is 0 Å². The molecule has 34 heavy (non-hydrogen) atoms. The van der Waals surface area contributed by atoms with Crippen molar-refractivity contribution in [3.8, 4) is 5.75 Å². The lowest BCUT2D eigenvalue weighted by molar-refractivity contribution is 0.00299. The minimum Gasteiger partial charge on any atom is -0.496 e. The number of nitrogen functional groups attached to an aromatic ring is 1. The highest BCUT2D eigenvalue weighted by Gasteiger charge is 2.38. The lowest BCUT2D eigenvalue weighted by atomic mass is 9.84. The SMILES string of the molecule is CCCCNc1nc(N)nc2cnn(Cc3cc(CN4CC5CCCCCC54)ccc3OC)c12. The van der Waals surface area contributed by atoms with Crippen molar-refractivity contribution < 1.29 is 4.74 Å². The van der Waals surface area contributed by atoms with Crippen LogP contribution in [0.1, 0.15) is 63.0 Å². The molecule has 1 aromatic carbocycles. The summed E-state index contributed by atoms with van der Waals surface area (Å²) in [7, 11) is 1.73. The molecule has 2 unspecified atom stereocenters. The predicted molar refractivity (Wildman–Crippen MR) is 136 cm³/mol. The summed E-state index contributed by atoms with van der Waals surface area (Å²) in [6.07, 6.45) is 10.9. The molecule has 182 valence electrons. The molecule has 1 aliphatic heterocycles. The number of nitrogens with one attached hydrogen (secondary N) is 1. The fourth-order valence-corrected chi connectivity index (χ4v) is 5.63. The van der Waals surface area contributed by atoms with Crippen LogP contribution < -0.4 is 15.8 Å². The molecule has 8 nitrogen and oxygen atoms in total. The van der Waals surface area contributed by atoms with Crippen LogP contribution in [0.5, 0.6) is 5.75 Å². The van der Waals surface area contributed by atoms with E-state index in [9.17, 15) is 0 Å². The van der Waals surface area contributed by atoms with Crippen molar-refractivity contribution in [3.63, 3.8) is 0 Å². The van der Waals surface area contributed by atoms with Gasteiger partial charge in [-0.05, 0) is 42.9 Å². The minimum absolute atomic E-state index is 0.261. The molecule has 1 saturated heterocycles. The van der Waals surface area contributed by atoms with E-state index in [1.165, 1.54) is 44.2 Å². The van der Waals surface area contributed by atoms with Crippen LogP contribution in [0.15, 0.2) is 24.4 Å². The molecule has 2 fully saturated rings. The number of fused-ring (bicyclic) bond motifs is 2. The van der Waals surface area contributed by atoms with Crippen molar-refractivity contribution in [1.82, 2.24) is 24.6 Å². The zero-order valence-electron chi connectivity index (χ0n) is 20.5. The molecular formula is C26H37N7O. The van der Waals surface area contributed by atoms with Gasteiger partial charge in [-0.2, -0.15) is 10.1 Å². The van der Waals surface area contributed by atoms with Gasteiger partial charge < -0.3 is 15.8 Å². The zero-order valence-corrected chi connectivity index (χ0v) is 20.5. The molecule has 0 amide bonds. The fraction of sp³-hybridized carbons (Fsp3) is 0.577. The Morgan fingerprint density at radius 2 is 2.03 bits per heavy atom. The Morgan fingerprint density at radius 3 is 2.88 bits per heavy atom. The van der Waals surface area contributed by atoms with Gasteiger partial charge in [-0.25, -0.2) is 4.98 Å². The molecule has 2 aromatic heterocycles.